The summed E-state index contributed by atoms with van der Waals surface area (Å²) in [5.74, 6) is -0.524. The summed E-state index contributed by atoms with van der Waals surface area (Å²) in [7, 11) is 0. The van der Waals surface area contributed by atoms with Gasteiger partial charge in [0.1, 0.15) is 18.2 Å². The molecule has 150 valence electrons. The van der Waals surface area contributed by atoms with Crippen LogP contribution in [0, 0.1) is 5.41 Å². The average molecular weight is 385 g/mol. The smallest absolute Gasteiger partial charge is 0.333 e. The number of rotatable bonds is 9. The Bertz CT molecular complexity index is 849. The number of amidine groups is 1. The minimum absolute atomic E-state index is 0.0585. The Hall–Kier alpha value is -3.06. The molecule has 2 rings (SSSR count). The maximum atomic E-state index is 12.3. The fraction of sp³-hybridized carbons (Fsp3) is 0.333. The summed E-state index contributed by atoms with van der Waals surface area (Å²) < 4.78 is 5.61. The van der Waals surface area contributed by atoms with Crippen LogP contribution in [-0.2, 0) is 10.3 Å². The van der Waals surface area contributed by atoms with Gasteiger partial charge in [0, 0.05) is 16.8 Å². The van der Waals surface area contributed by atoms with Crippen LogP contribution in [0.3, 0.4) is 0 Å². The molecule has 0 fully saturated rings. The van der Waals surface area contributed by atoms with Crippen molar-refractivity contribution >= 4 is 17.5 Å². The van der Waals surface area contributed by atoms with Crippen molar-refractivity contribution in [3.8, 4) is 5.75 Å². The van der Waals surface area contributed by atoms with E-state index in [9.17, 15) is 9.90 Å². The Kier molecular flexibility index (Phi) is 6.64. The van der Waals surface area contributed by atoms with E-state index in [0.29, 0.717) is 22.6 Å². The standard InChI is InChI=1S/C21H27N3O4/c1-13(2)15-6-9-18(28-11-10-25)17(12-15)21(3,20(26)27)24-16-7-4-14(5-8-16)19(22)23/h4-9,12-13,24-25H,10-11H2,1-3H3,(H3,22,23)(H,26,27). The number of benzene rings is 2. The normalized spacial score (nSPS) is 13.0. The topological polar surface area (TPSA) is 129 Å². The Morgan fingerprint density at radius 1 is 1.25 bits per heavy atom. The highest BCUT2D eigenvalue weighted by Crippen LogP contribution is 2.36. The van der Waals surface area contributed by atoms with Crippen LogP contribution in [0.1, 0.15) is 43.4 Å². The summed E-state index contributed by atoms with van der Waals surface area (Å²) in [5.41, 5.74) is 6.56. The number of aliphatic carboxylic acids is 1. The van der Waals surface area contributed by atoms with Gasteiger partial charge >= 0.3 is 5.97 Å². The average Bonchev–Trinajstić information content (AvgIpc) is 2.66. The maximum absolute atomic E-state index is 12.3. The molecule has 0 bridgehead atoms. The van der Waals surface area contributed by atoms with Gasteiger partial charge in [-0.15, -0.1) is 0 Å². The number of hydrogen-bond donors (Lipinski definition) is 5. The van der Waals surface area contributed by atoms with Crippen LogP contribution in [-0.4, -0.2) is 35.2 Å². The van der Waals surface area contributed by atoms with Crippen molar-refractivity contribution in [2.75, 3.05) is 18.5 Å². The minimum atomic E-state index is -1.48. The first-order chi connectivity index (χ1) is 13.2. The molecule has 6 N–H and O–H groups in total. The molecule has 2 aromatic rings. The SMILES string of the molecule is CC(C)c1ccc(OCCO)c(C(C)(Nc2ccc(C(=N)N)cc2)C(=O)O)c1. The van der Waals surface area contributed by atoms with E-state index in [0.717, 1.165) is 5.56 Å². The van der Waals surface area contributed by atoms with Crippen molar-refractivity contribution in [3.63, 3.8) is 0 Å². The van der Waals surface area contributed by atoms with Gasteiger partial charge in [-0.25, -0.2) is 4.79 Å². The van der Waals surface area contributed by atoms with Crippen LogP contribution in [0.25, 0.3) is 0 Å². The van der Waals surface area contributed by atoms with Gasteiger partial charge in [0.05, 0.1) is 6.61 Å². The number of nitrogens with two attached hydrogens (primary N) is 1. The van der Waals surface area contributed by atoms with Crippen molar-refractivity contribution in [3.05, 3.63) is 59.2 Å². The fourth-order valence-electron chi connectivity index (χ4n) is 2.84. The summed E-state index contributed by atoms with van der Waals surface area (Å²) in [6, 6.07) is 12.1. The number of nitrogen functional groups attached to an aromatic ring is 1. The highest BCUT2D eigenvalue weighted by molar-refractivity contribution is 5.95. The molecule has 0 aliphatic heterocycles. The molecule has 1 atom stereocenters. The van der Waals surface area contributed by atoms with Crippen molar-refractivity contribution in [1.82, 2.24) is 0 Å². The van der Waals surface area contributed by atoms with E-state index in [4.69, 9.17) is 21.0 Å². The highest BCUT2D eigenvalue weighted by atomic mass is 16.5. The molecule has 0 saturated carbocycles. The highest BCUT2D eigenvalue weighted by Gasteiger charge is 2.38. The predicted octanol–water partition coefficient (Wildman–Crippen LogP) is 2.88. The zero-order valence-electron chi connectivity index (χ0n) is 16.3. The number of carboxylic acid groups (broad SMARTS) is 1. The lowest BCUT2D eigenvalue weighted by molar-refractivity contribution is -0.142. The molecule has 0 radical (unpaired) electrons. The first-order valence-corrected chi connectivity index (χ1v) is 9.03. The van der Waals surface area contributed by atoms with E-state index in [-0.39, 0.29) is 25.0 Å². The maximum Gasteiger partial charge on any atom is 0.333 e. The molecule has 0 amide bonds. The van der Waals surface area contributed by atoms with Crippen molar-refractivity contribution in [2.24, 2.45) is 5.73 Å². The van der Waals surface area contributed by atoms with Gasteiger partial charge < -0.3 is 26.0 Å². The van der Waals surface area contributed by atoms with E-state index in [1.54, 1.807) is 37.3 Å². The Morgan fingerprint density at radius 2 is 1.89 bits per heavy atom. The first kappa shape index (κ1) is 21.2. The van der Waals surface area contributed by atoms with Crippen LogP contribution >= 0.6 is 0 Å². The van der Waals surface area contributed by atoms with Gasteiger partial charge in [-0.2, -0.15) is 0 Å². The lowest BCUT2D eigenvalue weighted by Gasteiger charge is -2.30. The monoisotopic (exact) mass is 385 g/mol. The largest absolute Gasteiger partial charge is 0.491 e. The molecule has 1 unspecified atom stereocenters. The number of carboxylic acids is 1. The molecule has 7 heteroatoms. The zero-order valence-corrected chi connectivity index (χ0v) is 16.3. The number of ether oxygens (including phenoxy) is 1. The lowest BCUT2D eigenvalue weighted by atomic mass is 9.87. The second kappa shape index (κ2) is 8.75. The van der Waals surface area contributed by atoms with Gasteiger partial charge in [0.2, 0.25) is 0 Å². The number of anilines is 1. The Balaban J connectivity index is 2.51. The van der Waals surface area contributed by atoms with Gasteiger partial charge in [0.25, 0.3) is 0 Å². The predicted molar refractivity (Wildman–Crippen MR) is 109 cm³/mol. The third kappa shape index (κ3) is 4.61. The van der Waals surface area contributed by atoms with Gasteiger partial charge in [-0.1, -0.05) is 19.9 Å². The van der Waals surface area contributed by atoms with Crippen LogP contribution in [0.4, 0.5) is 5.69 Å². The van der Waals surface area contributed by atoms with E-state index in [1.807, 2.05) is 26.0 Å². The number of carbonyl (C=O) groups is 1. The van der Waals surface area contributed by atoms with E-state index >= 15 is 0 Å². The molecule has 0 aromatic heterocycles. The number of aliphatic hydroxyl groups is 1. The van der Waals surface area contributed by atoms with Gasteiger partial charge in [-0.3, -0.25) is 5.41 Å². The summed E-state index contributed by atoms with van der Waals surface area (Å²) in [4.78, 5) is 12.3. The molecule has 2 aromatic carbocycles. The van der Waals surface area contributed by atoms with E-state index in [2.05, 4.69) is 5.32 Å². The molecule has 0 aliphatic carbocycles. The number of hydrogen-bond acceptors (Lipinski definition) is 5. The van der Waals surface area contributed by atoms with Gasteiger partial charge in [-0.05, 0) is 54.8 Å². The lowest BCUT2D eigenvalue weighted by Crippen LogP contribution is -2.41. The molecular formula is C21H27N3O4. The van der Waals surface area contributed by atoms with E-state index < -0.39 is 11.5 Å². The second-order valence-corrected chi connectivity index (χ2v) is 7.03. The zero-order chi connectivity index (χ0) is 20.9. The molecule has 0 saturated heterocycles. The van der Waals surface area contributed by atoms with Crippen molar-refractivity contribution in [2.45, 2.75) is 32.2 Å². The van der Waals surface area contributed by atoms with Crippen molar-refractivity contribution < 1.29 is 19.7 Å². The number of aliphatic hydroxyl groups excluding tert-OH is 1. The third-order valence-corrected chi connectivity index (χ3v) is 4.58. The summed E-state index contributed by atoms with van der Waals surface area (Å²) >= 11 is 0. The summed E-state index contributed by atoms with van der Waals surface area (Å²) in [6.07, 6.45) is 0. The number of nitrogens with one attached hydrogen (secondary N) is 2. The Labute approximate surface area is 164 Å². The Morgan fingerprint density at radius 3 is 2.39 bits per heavy atom. The van der Waals surface area contributed by atoms with Gasteiger partial charge in [0.15, 0.2) is 5.54 Å². The molecular weight excluding hydrogens is 358 g/mol. The molecule has 0 aliphatic rings. The fourth-order valence-corrected chi connectivity index (χ4v) is 2.84. The third-order valence-electron chi connectivity index (χ3n) is 4.58. The van der Waals surface area contributed by atoms with E-state index in [1.165, 1.54) is 0 Å². The quantitative estimate of drug-likeness (QED) is 0.333. The second-order valence-electron chi connectivity index (χ2n) is 7.03. The molecule has 0 heterocycles. The van der Waals surface area contributed by atoms with Crippen LogP contribution in [0.5, 0.6) is 5.75 Å². The first-order valence-electron chi connectivity index (χ1n) is 9.03. The minimum Gasteiger partial charge on any atom is -0.491 e. The van der Waals surface area contributed by atoms with Crippen molar-refractivity contribution in [1.29, 1.82) is 5.41 Å². The molecule has 7 nitrogen and oxygen atoms in total. The van der Waals surface area contributed by atoms with Crippen LogP contribution < -0.4 is 15.8 Å². The molecule has 0 spiro atoms. The van der Waals surface area contributed by atoms with Crippen LogP contribution in [0.2, 0.25) is 0 Å². The van der Waals surface area contributed by atoms with Crippen LogP contribution in [0.15, 0.2) is 42.5 Å². The summed E-state index contributed by atoms with van der Waals surface area (Å²) in [6.45, 7) is 5.52. The summed E-state index contributed by atoms with van der Waals surface area (Å²) in [5, 5.41) is 29.7. The molecule has 28 heavy (non-hydrogen) atoms.